The fourth-order valence-corrected chi connectivity index (χ4v) is 4.97. The van der Waals surface area contributed by atoms with Gasteiger partial charge >= 0.3 is 0 Å². The van der Waals surface area contributed by atoms with Crippen LogP contribution in [0.1, 0.15) is 5.69 Å². The maximum absolute atomic E-state index is 13.0. The first-order valence-corrected chi connectivity index (χ1v) is 10.4. The second-order valence-corrected chi connectivity index (χ2v) is 8.14. The van der Waals surface area contributed by atoms with Gasteiger partial charge in [0.2, 0.25) is 0 Å². The molecule has 4 nitrogen and oxygen atoms in total. The van der Waals surface area contributed by atoms with E-state index in [1.54, 1.807) is 33.6 Å². The molecule has 0 saturated carbocycles. The number of pyridine rings is 1. The maximum atomic E-state index is 13.0. The van der Waals surface area contributed by atoms with Crippen LogP contribution in [0, 0.1) is 0 Å². The largest absolute Gasteiger partial charge is 0.276 e. The number of hydrogen-bond acceptors (Lipinski definition) is 5. The smallest absolute Gasteiger partial charge is 0.267 e. The average molecular weight is 390 g/mol. The van der Waals surface area contributed by atoms with Crippen LogP contribution in [0.3, 0.4) is 0 Å². The quantitative estimate of drug-likeness (QED) is 0.436. The molecule has 27 heavy (non-hydrogen) atoms. The van der Waals surface area contributed by atoms with Crippen molar-refractivity contribution in [1.82, 2.24) is 14.8 Å². The molecule has 0 aliphatic carbocycles. The minimum absolute atomic E-state index is 0.0297. The number of rotatable bonds is 4. The highest BCUT2D eigenvalue weighted by Gasteiger charge is 2.13. The van der Waals surface area contributed by atoms with Crippen LogP contribution in [0.4, 0.5) is 0 Å². The SMILES string of the molecule is O=c1c2c(-c3cccs3)csc2cnn1CCc1ccc2ccccc2n1. The zero-order valence-electron chi connectivity index (χ0n) is 14.3. The number of nitrogens with zero attached hydrogens (tertiary/aromatic N) is 3. The van der Waals surface area contributed by atoms with Crippen molar-refractivity contribution in [2.75, 3.05) is 0 Å². The Balaban J connectivity index is 1.48. The summed E-state index contributed by atoms with van der Waals surface area (Å²) in [6.45, 7) is 0.514. The van der Waals surface area contributed by atoms with E-state index in [-0.39, 0.29) is 5.56 Å². The number of fused-ring (bicyclic) bond motifs is 2. The lowest BCUT2D eigenvalue weighted by atomic mass is 10.2. The molecule has 0 saturated heterocycles. The molecule has 0 radical (unpaired) electrons. The number of benzene rings is 1. The van der Waals surface area contributed by atoms with Crippen LogP contribution in [-0.2, 0) is 13.0 Å². The summed E-state index contributed by atoms with van der Waals surface area (Å²) in [6.07, 6.45) is 2.47. The summed E-state index contributed by atoms with van der Waals surface area (Å²) in [4.78, 5) is 18.8. The van der Waals surface area contributed by atoms with E-state index in [1.807, 2.05) is 35.7 Å². The third-order valence-electron chi connectivity index (χ3n) is 4.60. The molecule has 0 aliphatic rings. The monoisotopic (exact) mass is 389 g/mol. The van der Waals surface area contributed by atoms with Crippen molar-refractivity contribution >= 4 is 43.7 Å². The molecule has 0 bridgehead atoms. The van der Waals surface area contributed by atoms with Crippen LogP contribution in [-0.4, -0.2) is 14.8 Å². The Hall–Kier alpha value is -2.83. The summed E-state index contributed by atoms with van der Waals surface area (Å²) in [6, 6.07) is 16.2. The highest BCUT2D eigenvalue weighted by Crippen LogP contribution is 2.33. The Morgan fingerprint density at radius 2 is 1.93 bits per heavy atom. The number of aromatic nitrogens is 3. The normalized spacial score (nSPS) is 11.4. The number of thiophene rings is 2. The van der Waals surface area contributed by atoms with Crippen molar-refractivity contribution in [2.45, 2.75) is 13.0 Å². The summed E-state index contributed by atoms with van der Waals surface area (Å²) >= 11 is 3.22. The summed E-state index contributed by atoms with van der Waals surface area (Å²) in [5.74, 6) is 0. The van der Waals surface area contributed by atoms with Crippen LogP contribution in [0.2, 0.25) is 0 Å². The number of aryl methyl sites for hydroxylation is 2. The van der Waals surface area contributed by atoms with Gasteiger partial charge in [-0.25, -0.2) is 4.68 Å². The van der Waals surface area contributed by atoms with Gasteiger partial charge in [0.15, 0.2) is 0 Å². The van der Waals surface area contributed by atoms with E-state index in [9.17, 15) is 4.79 Å². The lowest BCUT2D eigenvalue weighted by Crippen LogP contribution is -2.23. The summed E-state index contributed by atoms with van der Waals surface area (Å²) in [5.41, 5.74) is 2.92. The molecule has 5 aromatic rings. The Labute approximate surface area is 163 Å². The summed E-state index contributed by atoms with van der Waals surface area (Å²) < 4.78 is 2.49. The predicted octanol–water partition coefficient (Wildman–Crippen LogP) is 4.98. The highest BCUT2D eigenvalue weighted by atomic mass is 32.1. The van der Waals surface area contributed by atoms with Gasteiger partial charge in [-0.15, -0.1) is 22.7 Å². The molecule has 0 aliphatic heterocycles. The van der Waals surface area contributed by atoms with Crippen LogP contribution < -0.4 is 5.56 Å². The fraction of sp³-hybridized carbons (Fsp3) is 0.0952. The van der Waals surface area contributed by atoms with E-state index >= 15 is 0 Å². The fourth-order valence-electron chi connectivity index (χ4n) is 3.23. The standard InChI is InChI=1S/C21H15N3OS2/c25-21-20-16(18-6-3-11-26-18)13-27-19(20)12-22-24(21)10-9-15-8-7-14-4-1-2-5-17(14)23-15/h1-8,11-13H,9-10H2. The Kier molecular flexibility index (Phi) is 4.07. The molecule has 0 amide bonds. The van der Waals surface area contributed by atoms with Gasteiger partial charge in [0, 0.05) is 33.3 Å². The Bertz CT molecular complexity index is 1300. The van der Waals surface area contributed by atoms with Gasteiger partial charge in [-0.3, -0.25) is 9.78 Å². The first-order chi connectivity index (χ1) is 13.3. The molecule has 6 heteroatoms. The van der Waals surface area contributed by atoms with Crippen molar-refractivity contribution in [3.63, 3.8) is 0 Å². The molecule has 4 aromatic heterocycles. The Morgan fingerprint density at radius 3 is 2.81 bits per heavy atom. The minimum Gasteiger partial charge on any atom is -0.267 e. The summed E-state index contributed by atoms with van der Waals surface area (Å²) in [5, 5.41) is 10.3. The van der Waals surface area contributed by atoms with E-state index in [0.29, 0.717) is 13.0 Å². The maximum Gasteiger partial charge on any atom is 0.276 e. The van der Waals surface area contributed by atoms with Gasteiger partial charge < -0.3 is 0 Å². The lowest BCUT2D eigenvalue weighted by Gasteiger charge is -2.06. The molecule has 0 N–H and O–H groups in total. The molecule has 0 atom stereocenters. The van der Waals surface area contributed by atoms with Crippen molar-refractivity contribution < 1.29 is 0 Å². The molecule has 5 rings (SSSR count). The van der Waals surface area contributed by atoms with Gasteiger partial charge in [-0.05, 0) is 23.6 Å². The van der Waals surface area contributed by atoms with Gasteiger partial charge in [0.25, 0.3) is 5.56 Å². The zero-order chi connectivity index (χ0) is 18.2. The third kappa shape index (κ3) is 2.97. The second-order valence-electron chi connectivity index (χ2n) is 6.28. The molecule has 0 spiro atoms. The van der Waals surface area contributed by atoms with E-state index in [2.05, 4.69) is 28.7 Å². The third-order valence-corrected chi connectivity index (χ3v) is 6.42. The highest BCUT2D eigenvalue weighted by molar-refractivity contribution is 7.19. The van der Waals surface area contributed by atoms with Crippen molar-refractivity contribution in [2.24, 2.45) is 0 Å². The average Bonchev–Trinajstić information content (AvgIpc) is 3.37. The Morgan fingerprint density at radius 1 is 1.00 bits per heavy atom. The molecule has 1 aromatic carbocycles. The molecular formula is C21H15N3OS2. The second kappa shape index (κ2) is 6.72. The van der Waals surface area contributed by atoms with E-state index in [4.69, 9.17) is 4.98 Å². The van der Waals surface area contributed by atoms with Crippen molar-refractivity contribution in [3.05, 3.63) is 81.5 Å². The zero-order valence-corrected chi connectivity index (χ0v) is 16.0. The van der Waals surface area contributed by atoms with Gasteiger partial charge in [-0.1, -0.05) is 30.3 Å². The van der Waals surface area contributed by atoms with E-state index < -0.39 is 0 Å². The van der Waals surface area contributed by atoms with Crippen LogP contribution in [0.15, 0.2) is 70.3 Å². The van der Waals surface area contributed by atoms with Crippen LogP contribution in [0.5, 0.6) is 0 Å². The van der Waals surface area contributed by atoms with Crippen molar-refractivity contribution in [3.8, 4) is 10.4 Å². The van der Waals surface area contributed by atoms with Gasteiger partial charge in [0.1, 0.15) is 0 Å². The predicted molar refractivity (Wildman–Crippen MR) is 113 cm³/mol. The first kappa shape index (κ1) is 16.4. The number of para-hydroxylation sites is 1. The van der Waals surface area contributed by atoms with Crippen LogP contribution >= 0.6 is 22.7 Å². The first-order valence-electron chi connectivity index (χ1n) is 8.65. The molecule has 4 heterocycles. The lowest BCUT2D eigenvalue weighted by molar-refractivity contribution is 0.580. The van der Waals surface area contributed by atoms with Crippen LogP contribution in [0.25, 0.3) is 31.4 Å². The molecule has 0 fully saturated rings. The summed E-state index contributed by atoms with van der Waals surface area (Å²) in [7, 11) is 0. The topological polar surface area (TPSA) is 47.8 Å². The van der Waals surface area contributed by atoms with Gasteiger partial charge in [-0.2, -0.15) is 5.10 Å². The van der Waals surface area contributed by atoms with E-state index in [0.717, 1.165) is 37.1 Å². The molecular weight excluding hydrogens is 374 g/mol. The van der Waals surface area contributed by atoms with Crippen molar-refractivity contribution in [1.29, 1.82) is 0 Å². The molecule has 0 unspecified atom stereocenters. The molecule has 132 valence electrons. The van der Waals surface area contributed by atoms with E-state index in [1.165, 1.54) is 0 Å². The number of hydrogen-bond donors (Lipinski definition) is 0. The van der Waals surface area contributed by atoms with Gasteiger partial charge in [0.05, 0.1) is 28.3 Å². The minimum atomic E-state index is -0.0297.